The van der Waals surface area contributed by atoms with Crippen LogP contribution in [-0.4, -0.2) is 93.7 Å². The van der Waals surface area contributed by atoms with Gasteiger partial charge in [0.05, 0.1) is 40.2 Å². The van der Waals surface area contributed by atoms with E-state index in [1.54, 1.807) is 6.07 Å². The minimum absolute atomic E-state index is 0.00971. The first-order chi connectivity index (χ1) is 21.0. The molecule has 1 aliphatic carbocycles. The Labute approximate surface area is 268 Å². The fraction of sp³-hybridized carbons (Fsp3) is 0.594. The molecule has 1 spiro atoms. The molecular weight excluding hydrogens is 599 g/mol. The molecule has 0 radical (unpaired) electrons. The summed E-state index contributed by atoms with van der Waals surface area (Å²) >= 11 is 13.8. The predicted molar refractivity (Wildman–Crippen MR) is 175 cm³/mol. The Morgan fingerprint density at radius 1 is 1.18 bits per heavy atom. The molecule has 236 valence electrons. The maximum absolute atomic E-state index is 12.1. The van der Waals surface area contributed by atoms with Crippen molar-refractivity contribution in [1.82, 2.24) is 29.8 Å². The minimum atomic E-state index is -0.137. The fourth-order valence-corrected chi connectivity index (χ4v) is 8.83. The normalized spacial score (nSPS) is 23.6. The summed E-state index contributed by atoms with van der Waals surface area (Å²) in [6.07, 6.45) is 5.50. The Bertz CT molecular complexity index is 1610. The van der Waals surface area contributed by atoms with Crippen LogP contribution in [0.1, 0.15) is 51.3 Å². The number of aromatic nitrogens is 4. The lowest BCUT2D eigenvalue weighted by Gasteiger charge is -2.58. The topological polar surface area (TPSA) is 109 Å². The van der Waals surface area contributed by atoms with Crippen LogP contribution in [0.5, 0.6) is 0 Å². The number of hydrogen-bond acceptors (Lipinski definition) is 7. The first-order valence-electron chi connectivity index (χ1n) is 15.7. The van der Waals surface area contributed by atoms with Gasteiger partial charge in [0, 0.05) is 67.0 Å². The number of ether oxygens (including phenoxy) is 1. The van der Waals surface area contributed by atoms with Crippen molar-refractivity contribution in [2.24, 2.45) is 11.3 Å². The Morgan fingerprint density at radius 3 is 2.59 bits per heavy atom. The first-order valence-corrected chi connectivity index (χ1v) is 16.5. The van der Waals surface area contributed by atoms with Crippen LogP contribution in [0.2, 0.25) is 10.0 Å². The molecule has 0 unspecified atom stereocenters. The Hall–Kier alpha value is -2.79. The molecule has 3 saturated heterocycles. The summed E-state index contributed by atoms with van der Waals surface area (Å²) in [5, 5.41) is 14.4. The third kappa shape index (κ3) is 4.89. The highest BCUT2D eigenvalue weighted by molar-refractivity contribution is 6.45. The molecule has 5 heterocycles. The third-order valence-electron chi connectivity index (χ3n) is 10.5. The molecule has 44 heavy (non-hydrogen) atoms. The molecule has 12 heteroatoms. The number of nitrogens with zero attached hydrogens (tertiary/aromatic N) is 6. The van der Waals surface area contributed by atoms with Crippen molar-refractivity contribution < 1.29 is 9.53 Å². The second kappa shape index (κ2) is 10.9. The number of fused-ring (bicyclic) bond motifs is 1. The zero-order valence-electron chi connectivity index (χ0n) is 25.8. The number of halogens is 2. The molecule has 3 aliphatic heterocycles. The number of likely N-dealkylation sites (tertiary alicyclic amines) is 1. The highest BCUT2D eigenvalue weighted by Crippen LogP contribution is 2.56. The molecule has 3 aromatic rings. The molecule has 3 N–H and O–H groups in total. The van der Waals surface area contributed by atoms with Crippen LogP contribution in [0.25, 0.3) is 22.0 Å². The number of carbonyl (C=O) groups excluding carboxylic acids is 1. The second-order valence-corrected chi connectivity index (χ2v) is 14.8. The molecule has 4 fully saturated rings. The number of benzene rings is 1. The third-order valence-corrected chi connectivity index (χ3v) is 11.3. The van der Waals surface area contributed by atoms with Gasteiger partial charge in [0.2, 0.25) is 5.91 Å². The van der Waals surface area contributed by atoms with Crippen LogP contribution in [-0.2, 0) is 9.53 Å². The first kappa shape index (κ1) is 29.9. The molecule has 0 bridgehead atoms. The van der Waals surface area contributed by atoms with E-state index in [1.165, 1.54) is 6.08 Å². The maximum atomic E-state index is 12.1. The number of rotatable bonds is 6. The summed E-state index contributed by atoms with van der Waals surface area (Å²) in [5.74, 6) is 1.92. The molecule has 7 rings (SSSR count). The van der Waals surface area contributed by atoms with Crippen molar-refractivity contribution in [2.45, 2.75) is 58.0 Å². The van der Waals surface area contributed by atoms with Gasteiger partial charge in [-0.1, -0.05) is 29.8 Å². The largest absolute Gasteiger partial charge is 0.382 e. The zero-order valence-corrected chi connectivity index (χ0v) is 27.3. The number of nitrogen functional groups attached to an aromatic ring is 1. The number of aromatic amines is 1. The highest BCUT2D eigenvalue weighted by Gasteiger charge is 2.54. The average molecular weight is 642 g/mol. The second-order valence-electron chi connectivity index (χ2n) is 14.0. The van der Waals surface area contributed by atoms with Crippen molar-refractivity contribution in [3.8, 4) is 11.1 Å². The van der Waals surface area contributed by atoms with E-state index in [0.29, 0.717) is 21.8 Å². The Kier molecular flexibility index (Phi) is 7.43. The maximum Gasteiger partial charge on any atom is 0.245 e. The van der Waals surface area contributed by atoms with Crippen molar-refractivity contribution >= 4 is 51.6 Å². The molecule has 10 nitrogen and oxygen atoms in total. The molecular formula is C32H42Cl2N8O2. The SMILES string of the molecule is C=CC(=O)N1CC2(CC(n3nc(N4CC[C@@H](CN5CCOCC5)CC4(C)C)c(-c4c(Cl)c(Cl)cc5[nH]nc(N)c45)c3C)C2)C1. The zero-order chi connectivity index (χ0) is 31.0. The summed E-state index contributed by atoms with van der Waals surface area (Å²) in [7, 11) is 0. The van der Waals surface area contributed by atoms with Crippen molar-refractivity contribution in [3.63, 3.8) is 0 Å². The van der Waals surface area contributed by atoms with E-state index in [2.05, 4.69) is 52.0 Å². The van der Waals surface area contributed by atoms with Gasteiger partial charge in [-0.2, -0.15) is 10.2 Å². The number of piperidine rings is 1. The number of morpholine rings is 1. The van der Waals surface area contributed by atoms with E-state index in [0.717, 1.165) is 112 Å². The average Bonchev–Trinajstić information content (AvgIpc) is 3.47. The van der Waals surface area contributed by atoms with E-state index in [4.69, 9.17) is 38.8 Å². The predicted octanol–water partition coefficient (Wildman–Crippen LogP) is 5.30. The van der Waals surface area contributed by atoms with Crippen molar-refractivity contribution in [2.75, 3.05) is 63.1 Å². The lowest BCUT2D eigenvalue weighted by molar-refractivity contribution is -0.149. The fourth-order valence-electron chi connectivity index (χ4n) is 8.38. The highest BCUT2D eigenvalue weighted by atomic mass is 35.5. The van der Waals surface area contributed by atoms with Gasteiger partial charge in [0.15, 0.2) is 11.6 Å². The van der Waals surface area contributed by atoms with Gasteiger partial charge < -0.3 is 20.3 Å². The van der Waals surface area contributed by atoms with Gasteiger partial charge in [-0.15, -0.1) is 0 Å². The van der Waals surface area contributed by atoms with Crippen LogP contribution >= 0.6 is 23.2 Å². The van der Waals surface area contributed by atoms with E-state index < -0.39 is 0 Å². The standard InChI is InChI=1S/C32H42Cl2N8O2/c1-5-24(43)40-17-32(18-40)14-21(15-32)42-19(2)25(27-26-23(36-37-29(26)35)12-22(33)28(27)34)30(38-42)41-7-6-20(13-31(41,3)4)16-39-8-10-44-11-9-39/h5,12,20-21H,1,6-11,13-18H2,2-4H3,(H3,35,36,37)/t20-/m1/s1. The number of nitrogens with two attached hydrogens (primary N) is 1. The van der Waals surface area contributed by atoms with Gasteiger partial charge in [-0.3, -0.25) is 19.5 Å². The van der Waals surface area contributed by atoms with Gasteiger partial charge in [0.1, 0.15) is 0 Å². The van der Waals surface area contributed by atoms with Crippen molar-refractivity contribution in [1.29, 1.82) is 0 Å². The smallest absolute Gasteiger partial charge is 0.245 e. The number of H-pyrrole nitrogens is 1. The molecule has 1 amide bonds. The van der Waals surface area contributed by atoms with E-state index in [9.17, 15) is 4.79 Å². The van der Waals surface area contributed by atoms with Crippen LogP contribution in [0.3, 0.4) is 0 Å². The van der Waals surface area contributed by atoms with E-state index in [1.807, 2.05) is 4.90 Å². The van der Waals surface area contributed by atoms with Gasteiger partial charge in [-0.05, 0) is 64.5 Å². The van der Waals surface area contributed by atoms with E-state index >= 15 is 0 Å². The van der Waals surface area contributed by atoms with Gasteiger partial charge >= 0.3 is 0 Å². The molecule has 4 aliphatic rings. The number of hydrogen-bond donors (Lipinski definition) is 2. The van der Waals surface area contributed by atoms with E-state index in [-0.39, 0.29) is 22.9 Å². The van der Waals surface area contributed by atoms with Crippen LogP contribution in [0, 0.1) is 18.3 Å². The molecule has 2 aromatic heterocycles. The lowest BCUT2D eigenvalue weighted by atomic mass is 9.60. The minimum Gasteiger partial charge on any atom is -0.382 e. The van der Waals surface area contributed by atoms with Crippen LogP contribution < -0.4 is 10.6 Å². The number of anilines is 2. The quantitative estimate of drug-likeness (QED) is 0.352. The number of amides is 1. The Morgan fingerprint density at radius 2 is 1.91 bits per heavy atom. The lowest BCUT2D eigenvalue weighted by Crippen LogP contribution is -2.63. The molecule has 1 atom stereocenters. The van der Waals surface area contributed by atoms with Gasteiger partial charge in [0.25, 0.3) is 0 Å². The number of carbonyl (C=O) groups is 1. The molecule has 1 saturated carbocycles. The summed E-state index contributed by atoms with van der Waals surface area (Å²) in [4.78, 5) is 19.0. The molecule has 1 aromatic carbocycles. The monoisotopic (exact) mass is 640 g/mol. The summed E-state index contributed by atoms with van der Waals surface area (Å²) < 4.78 is 7.78. The Balaban J connectivity index is 1.25. The van der Waals surface area contributed by atoms with Crippen LogP contribution in [0.4, 0.5) is 11.6 Å². The summed E-state index contributed by atoms with van der Waals surface area (Å²) in [6.45, 7) is 17.6. The van der Waals surface area contributed by atoms with Crippen molar-refractivity contribution in [3.05, 3.63) is 34.5 Å². The van der Waals surface area contributed by atoms with Gasteiger partial charge in [-0.25, -0.2) is 0 Å². The number of nitrogens with one attached hydrogen (secondary N) is 1. The summed E-state index contributed by atoms with van der Waals surface area (Å²) in [6, 6.07) is 2.02. The summed E-state index contributed by atoms with van der Waals surface area (Å²) in [5.41, 5.74) is 10.0. The van der Waals surface area contributed by atoms with Crippen LogP contribution in [0.15, 0.2) is 18.7 Å².